The molecule has 3 heteroatoms. The smallest absolute Gasteiger partial charge is 0.169 e. The summed E-state index contributed by atoms with van der Waals surface area (Å²) in [5, 5.41) is 0. The van der Waals surface area contributed by atoms with Crippen molar-refractivity contribution >= 4 is 6.40 Å². The van der Waals surface area contributed by atoms with Gasteiger partial charge in [-0.25, -0.2) is 0 Å². The average Bonchev–Trinajstić information content (AvgIpc) is 1.80. The van der Waals surface area contributed by atoms with Crippen LogP contribution < -0.4 is 0 Å². The molecule has 0 spiro atoms. The Morgan fingerprint density at radius 1 is 1.56 bits per heavy atom. The van der Waals surface area contributed by atoms with Gasteiger partial charge in [-0.1, -0.05) is 0 Å². The minimum Gasteiger partial charge on any atom is -0.487 e. The van der Waals surface area contributed by atoms with Crippen LogP contribution in [0.15, 0.2) is 4.99 Å². The number of likely N-dealkylation sites (N-methyl/N-ethyl adjacent to an activating group) is 1. The largest absolute Gasteiger partial charge is 0.487 e. The molecule has 0 aromatic heterocycles. The lowest BCUT2D eigenvalue weighted by molar-refractivity contribution is 0.405. The summed E-state index contributed by atoms with van der Waals surface area (Å²) in [6, 6.07) is 0. The molecular formula is C6H14N2O. The van der Waals surface area contributed by atoms with Gasteiger partial charge in [0.25, 0.3) is 0 Å². The summed E-state index contributed by atoms with van der Waals surface area (Å²) >= 11 is 0. The highest BCUT2D eigenvalue weighted by Crippen LogP contribution is 1.73. The number of aliphatic imine (C=N–C) groups is 1. The van der Waals surface area contributed by atoms with E-state index in [2.05, 4.69) is 14.6 Å². The Kier molecular flexibility index (Phi) is 5.21. The maximum Gasteiger partial charge on any atom is 0.169 e. The molecule has 0 aliphatic rings. The summed E-state index contributed by atoms with van der Waals surface area (Å²) in [5.74, 6) is 0. The first-order valence-corrected chi connectivity index (χ1v) is 2.93. The second-order valence-corrected chi connectivity index (χ2v) is 2.05. The van der Waals surface area contributed by atoms with E-state index in [0.29, 0.717) is 0 Å². The predicted molar refractivity (Wildman–Crippen MR) is 38.9 cm³/mol. The van der Waals surface area contributed by atoms with E-state index in [1.54, 1.807) is 7.11 Å². The molecule has 0 heterocycles. The van der Waals surface area contributed by atoms with Crippen LogP contribution in [-0.2, 0) is 4.74 Å². The van der Waals surface area contributed by atoms with Gasteiger partial charge in [0.15, 0.2) is 6.40 Å². The summed E-state index contributed by atoms with van der Waals surface area (Å²) < 4.78 is 4.61. The summed E-state index contributed by atoms with van der Waals surface area (Å²) in [7, 11) is 5.63. The number of hydrogen-bond acceptors (Lipinski definition) is 3. The van der Waals surface area contributed by atoms with Crippen molar-refractivity contribution in [3.63, 3.8) is 0 Å². The van der Waals surface area contributed by atoms with Crippen molar-refractivity contribution in [2.45, 2.75) is 0 Å². The van der Waals surface area contributed by atoms with Gasteiger partial charge < -0.3 is 9.64 Å². The monoisotopic (exact) mass is 130 g/mol. The molecule has 3 nitrogen and oxygen atoms in total. The van der Waals surface area contributed by atoms with Crippen molar-refractivity contribution < 1.29 is 4.74 Å². The van der Waals surface area contributed by atoms with Gasteiger partial charge in [-0.3, -0.25) is 4.99 Å². The number of methoxy groups -OCH3 is 1. The molecule has 0 atom stereocenters. The minimum absolute atomic E-state index is 0.806. The lowest BCUT2D eigenvalue weighted by Crippen LogP contribution is -2.15. The van der Waals surface area contributed by atoms with Crippen LogP contribution in [0.4, 0.5) is 0 Å². The molecule has 0 amide bonds. The van der Waals surface area contributed by atoms with E-state index in [1.165, 1.54) is 6.40 Å². The zero-order valence-corrected chi connectivity index (χ0v) is 6.29. The lowest BCUT2D eigenvalue weighted by Gasteiger charge is -2.04. The van der Waals surface area contributed by atoms with Crippen molar-refractivity contribution in [3.05, 3.63) is 0 Å². The maximum atomic E-state index is 4.61. The SMILES string of the molecule is COC=NCCN(C)C. The summed E-state index contributed by atoms with van der Waals surface area (Å²) in [4.78, 5) is 6.02. The van der Waals surface area contributed by atoms with Gasteiger partial charge in [-0.15, -0.1) is 0 Å². The molecule has 0 bridgehead atoms. The third kappa shape index (κ3) is 7.43. The average molecular weight is 130 g/mol. The quantitative estimate of drug-likeness (QED) is 0.402. The first-order chi connectivity index (χ1) is 4.27. The van der Waals surface area contributed by atoms with Gasteiger partial charge in [0, 0.05) is 6.54 Å². The van der Waals surface area contributed by atoms with Gasteiger partial charge in [0.05, 0.1) is 13.7 Å². The number of ether oxygens (including phenoxy) is 1. The molecule has 0 unspecified atom stereocenters. The molecule has 0 saturated carbocycles. The fourth-order valence-corrected chi connectivity index (χ4v) is 0.385. The van der Waals surface area contributed by atoms with Crippen LogP contribution in [0, 0.1) is 0 Å². The molecular weight excluding hydrogens is 116 g/mol. The highest BCUT2D eigenvalue weighted by molar-refractivity contribution is 5.45. The third-order valence-corrected chi connectivity index (χ3v) is 0.856. The Balaban J connectivity index is 2.99. The summed E-state index contributed by atoms with van der Waals surface area (Å²) in [6.07, 6.45) is 1.46. The number of hydrogen-bond donors (Lipinski definition) is 0. The van der Waals surface area contributed by atoms with Crippen LogP contribution in [0.5, 0.6) is 0 Å². The van der Waals surface area contributed by atoms with Gasteiger partial charge in [0.2, 0.25) is 0 Å². The third-order valence-electron chi connectivity index (χ3n) is 0.856. The molecule has 0 aliphatic carbocycles. The van der Waals surface area contributed by atoms with E-state index in [0.717, 1.165) is 13.1 Å². The van der Waals surface area contributed by atoms with Crippen LogP contribution in [-0.4, -0.2) is 45.6 Å². The van der Waals surface area contributed by atoms with E-state index in [-0.39, 0.29) is 0 Å². The lowest BCUT2D eigenvalue weighted by atomic mass is 10.6. The number of rotatable bonds is 4. The van der Waals surface area contributed by atoms with Crippen molar-refractivity contribution in [1.82, 2.24) is 4.90 Å². The molecule has 0 saturated heterocycles. The normalized spacial score (nSPS) is 11.1. The molecule has 0 fully saturated rings. The van der Waals surface area contributed by atoms with E-state index >= 15 is 0 Å². The minimum atomic E-state index is 0.806. The molecule has 9 heavy (non-hydrogen) atoms. The molecule has 0 N–H and O–H groups in total. The molecule has 0 aliphatic heterocycles. The van der Waals surface area contributed by atoms with Gasteiger partial charge >= 0.3 is 0 Å². The number of nitrogens with zero attached hydrogens (tertiary/aromatic N) is 2. The molecule has 0 aromatic rings. The van der Waals surface area contributed by atoms with Crippen LogP contribution in [0.1, 0.15) is 0 Å². The van der Waals surface area contributed by atoms with Gasteiger partial charge in [-0.2, -0.15) is 0 Å². The van der Waals surface area contributed by atoms with E-state index < -0.39 is 0 Å². The second kappa shape index (κ2) is 5.56. The van der Waals surface area contributed by atoms with Crippen LogP contribution >= 0.6 is 0 Å². The topological polar surface area (TPSA) is 24.8 Å². The Labute approximate surface area is 56.3 Å². The first kappa shape index (κ1) is 8.43. The molecule has 54 valence electrons. The van der Waals surface area contributed by atoms with Crippen LogP contribution in [0.3, 0.4) is 0 Å². The molecule has 0 rings (SSSR count). The highest BCUT2D eigenvalue weighted by atomic mass is 16.5. The van der Waals surface area contributed by atoms with E-state index in [4.69, 9.17) is 0 Å². The van der Waals surface area contributed by atoms with Gasteiger partial charge in [0.1, 0.15) is 0 Å². The van der Waals surface area contributed by atoms with E-state index in [1.807, 2.05) is 14.1 Å². The molecule has 0 aromatic carbocycles. The Morgan fingerprint density at radius 3 is 2.67 bits per heavy atom. The zero-order valence-electron chi connectivity index (χ0n) is 6.29. The van der Waals surface area contributed by atoms with E-state index in [9.17, 15) is 0 Å². The van der Waals surface area contributed by atoms with Gasteiger partial charge in [-0.05, 0) is 14.1 Å². The fraction of sp³-hybridized carbons (Fsp3) is 0.833. The Bertz CT molecular complexity index is 81.1. The van der Waals surface area contributed by atoms with Crippen molar-refractivity contribution in [2.75, 3.05) is 34.3 Å². The zero-order chi connectivity index (χ0) is 7.11. The highest BCUT2D eigenvalue weighted by Gasteiger charge is 1.83. The first-order valence-electron chi connectivity index (χ1n) is 2.93. The standard InChI is InChI=1S/C6H14N2O/c1-8(2)5-4-7-6-9-3/h6H,4-5H2,1-3H3. The van der Waals surface area contributed by atoms with Crippen molar-refractivity contribution in [3.8, 4) is 0 Å². The fourth-order valence-electron chi connectivity index (χ4n) is 0.385. The molecule has 0 radical (unpaired) electrons. The second-order valence-electron chi connectivity index (χ2n) is 2.05. The predicted octanol–water partition coefficient (Wildman–Crippen LogP) is 0.223. The van der Waals surface area contributed by atoms with Crippen LogP contribution in [0.25, 0.3) is 0 Å². The Hall–Kier alpha value is -0.570. The van der Waals surface area contributed by atoms with Crippen LogP contribution in [0.2, 0.25) is 0 Å². The Morgan fingerprint density at radius 2 is 2.22 bits per heavy atom. The maximum absolute atomic E-state index is 4.61. The summed E-state index contributed by atoms with van der Waals surface area (Å²) in [5.41, 5.74) is 0. The van der Waals surface area contributed by atoms with Crippen molar-refractivity contribution in [2.24, 2.45) is 4.99 Å². The van der Waals surface area contributed by atoms with Crippen molar-refractivity contribution in [1.29, 1.82) is 0 Å². The summed E-state index contributed by atoms with van der Waals surface area (Å²) in [6.45, 7) is 1.78.